The van der Waals surface area contributed by atoms with Crippen LogP contribution in [0.2, 0.25) is 0 Å². The van der Waals surface area contributed by atoms with Gasteiger partial charge >= 0.3 is 0 Å². The van der Waals surface area contributed by atoms with Crippen molar-refractivity contribution in [2.45, 2.75) is 12.2 Å². The predicted octanol–water partition coefficient (Wildman–Crippen LogP) is -0.705. The average molecular weight is 242 g/mol. The minimum Gasteiger partial charge on any atom is -0.387 e. The van der Waals surface area contributed by atoms with Gasteiger partial charge in [-0.3, -0.25) is 4.79 Å². The number of carbonyl (C=O) groups excluding carboxylic acids is 1. The van der Waals surface area contributed by atoms with Crippen LogP contribution in [0, 0.1) is 5.82 Å². The van der Waals surface area contributed by atoms with Gasteiger partial charge < -0.3 is 21.3 Å². The molecule has 0 fully saturated rings. The number of rotatable bonds is 6. The Balaban J connectivity index is 2.37. The summed E-state index contributed by atoms with van der Waals surface area (Å²) in [6.45, 7) is 0.101. The van der Waals surface area contributed by atoms with E-state index < -0.39 is 18.1 Å². The lowest BCUT2D eigenvalue weighted by atomic mass is 10.1. The number of hydrogen-bond acceptors (Lipinski definition) is 4. The third-order valence-corrected chi connectivity index (χ3v) is 2.26. The summed E-state index contributed by atoms with van der Waals surface area (Å²) in [5, 5.41) is 21.4. The normalized spacial score (nSPS) is 14.3. The molecule has 0 spiro atoms. The van der Waals surface area contributed by atoms with Crippen molar-refractivity contribution < 1.29 is 19.4 Å². The molecule has 2 atom stereocenters. The predicted molar refractivity (Wildman–Crippen MR) is 59.4 cm³/mol. The highest BCUT2D eigenvalue weighted by Crippen LogP contribution is 2.12. The first kappa shape index (κ1) is 13.6. The smallest absolute Gasteiger partial charge is 0.247 e. The van der Waals surface area contributed by atoms with Crippen LogP contribution in [0.25, 0.3) is 0 Å². The molecule has 1 aromatic rings. The van der Waals surface area contributed by atoms with E-state index in [-0.39, 0.29) is 18.9 Å². The quantitative estimate of drug-likeness (QED) is 0.530. The molecule has 2 unspecified atom stereocenters. The fraction of sp³-hybridized carbons (Fsp3) is 0.364. The molecule has 1 aromatic carbocycles. The molecule has 0 aliphatic carbocycles. The average Bonchev–Trinajstić information content (AvgIpc) is 2.29. The van der Waals surface area contributed by atoms with Crippen LogP contribution in [0.1, 0.15) is 11.7 Å². The Bertz CT molecular complexity index is 369. The lowest BCUT2D eigenvalue weighted by Gasteiger charge is -2.13. The van der Waals surface area contributed by atoms with E-state index in [1.165, 1.54) is 24.3 Å². The van der Waals surface area contributed by atoms with Crippen molar-refractivity contribution >= 4 is 5.91 Å². The van der Waals surface area contributed by atoms with Crippen LogP contribution in [0.15, 0.2) is 24.3 Å². The van der Waals surface area contributed by atoms with Crippen LogP contribution < -0.4 is 11.1 Å². The first-order chi connectivity index (χ1) is 8.00. The van der Waals surface area contributed by atoms with Gasteiger partial charge in [-0.15, -0.1) is 0 Å². The maximum atomic E-state index is 12.6. The first-order valence-corrected chi connectivity index (χ1v) is 5.12. The van der Waals surface area contributed by atoms with Crippen LogP contribution >= 0.6 is 0 Å². The van der Waals surface area contributed by atoms with Gasteiger partial charge in [0.25, 0.3) is 0 Å². The van der Waals surface area contributed by atoms with Crippen LogP contribution in [-0.4, -0.2) is 35.3 Å². The van der Waals surface area contributed by atoms with E-state index in [0.717, 1.165) is 0 Å². The molecule has 5 N–H and O–H groups in total. The van der Waals surface area contributed by atoms with Gasteiger partial charge in [0.2, 0.25) is 5.91 Å². The lowest BCUT2D eigenvalue weighted by molar-refractivity contribution is -0.125. The fourth-order valence-electron chi connectivity index (χ4n) is 1.26. The van der Waals surface area contributed by atoms with Gasteiger partial charge in [0.15, 0.2) is 0 Å². The Morgan fingerprint density at radius 3 is 2.41 bits per heavy atom. The number of halogens is 1. The van der Waals surface area contributed by atoms with Gasteiger partial charge in [0.1, 0.15) is 11.9 Å². The summed E-state index contributed by atoms with van der Waals surface area (Å²) in [6, 6.07) is 5.42. The zero-order valence-corrected chi connectivity index (χ0v) is 9.14. The van der Waals surface area contributed by atoms with Crippen LogP contribution in [-0.2, 0) is 4.79 Å². The van der Waals surface area contributed by atoms with Crippen molar-refractivity contribution in [3.63, 3.8) is 0 Å². The van der Waals surface area contributed by atoms with Crippen LogP contribution in [0.5, 0.6) is 0 Å². The number of amides is 1. The highest BCUT2D eigenvalue weighted by molar-refractivity contribution is 5.78. The number of primary amides is 1. The van der Waals surface area contributed by atoms with E-state index in [9.17, 15) is 14.3 Å². The molecule has 5 nitrogen and oxygen atoms in total. The molecule has 6 heteroatoms. The monoisotopic (exact) mass is 242 g/mol. The van der Waals surface area contributed by atoms with Gasteiger partial charge in [0, 0.05) is 13.1 Å². The number of nitrogens with two attached hydrogens (primary N) is 1. The molecule has 0 saturated carbocycles. The Kier molecular flexibility index (Phi) is 5.02. The third kappa shape index (κ3) is 4.48. The molecule has 17 heavy (non-hydrogen) atoms. The summed E-state index contributed by atoms with van der Waals surface area (Å²) >= 11 is 0. The molecule has 0 aliphatic heterocycles. The van der Waals surface area contributed by atoms with Crippen LogP contribution in [0.3, 0.4) is 0 Å². The van der Waals surface area contributed by atoms with Crippen molar-refractivity contribution in [2.75, 3.05) is 13.1 Å². The second-order valence-electron chi connectivity index (χ2n) is 3.64. The summed E-state index contributed by atoms with van der Waals surface area (Å²) in [5.41, 5.74) is 5.40. The molecular weight excluding hydrogens is 227 g/mol. The minimum absolute atomic E-state index is 0.0341. The third-order valence-electron chi connectivity index (χ3n) is 2.26. The molecule has 0 aliphatic rings. The number of carbonyl (C=O) groups is 1. The largest absolute Gasteiger partial charge is 0.387 e. The number of benzene rings is 1. The van der Waals surface area contributed by atoms with E-state index in [2.05, 4.69) is 5.32 Å². The van der Waals surface area contributed by atoms with Crippen molar-refractivity contribution in [1.29, 1.82) is 0 Å². The number of nitrogens with one attached hydrogen (secondary N) is 1. The highest BCUT2D eigenvalue weighted by atomic mass is 19.1. The molecule has 0 radical (unpaired) electrons. The molecule has 1 rings (SSSR count). The molecule has 94 valence electrons. The summed E-state index contributed by atoms with van der Waals surface area (Å²) in [6.07, 6.45) is -2.12. The van der Waals surface area contributed by atoms with Gasteiger partial charge in [-0.05, 0) is 17.7 Å². The maximum absolute atomic E-state index is 12.6. The second-order valence-corrected chi connectivity index (χ2v) is 3.64. The number of aliphatic hydroxyl groups is 2. The number of aliphatic hydroxyl groups excluding tert-OH is 2. The standard InChI is InChI=1S/C11H15FN2O3/c12-8-3-1-7(2-4-8)9(15)5-14-6-10(16)11(13)17/h1-4,9-10,14-16H,5-6H2,(H2,13,17). The van der Waals surface area contributed by atoms with E-state index in [1.807, 2.05) is 0 Å². The van der Waals surface area contributed by atoms with E-state index >= 15 is 0 Å². The lowest BCUT2D eigenvalue weighted by Crippen LogP contribution is -2.38. The second kappa shape index (κ2) is 6.29. The Morgan fingerprint density at radius 2 is 1.88 bits per heavy atom. The minimum atomic E-state index is -1.28. The topological polar surface area (TPSA) is 95.6 Å². The zero-order valence-electron chi connectivity index (χ0n) is 9.14. The van der Waals surface area contributed by atoms with Crippen molar-refractivity contribution in [1.82, 2.24) is 5.32 Å². The molecule has 0 heterocycles. The van der Waals surface area contributed by atoms with Crippen molar-refractivity contribution in [3.8, 4) is 0 Å². The zero-order chi connectivity index (χ0) is 12.8. The van der Waals surface area contributed by atoms with Gasteiger partial charge in [-0.1, -0.05) is 12.1 Å². The molecule has 0 bridgehead atoms. The molecule has 0 saturated heterocycles. The summed E-state index contributed by atoms with van der Waals surface area (Å²) in [7, 11) is 0. The highest BCUT2D eigenvalue weighted by Gasteiger charge is 2.12. The molecular formula is C11H15FN2O3. The summed E-state index contributed by atoms with van der Waals surface area (Å²) < 4.78 is 12.6. The first-order valence-electron chi connectivity index (χ1n) is 5.12. The van der Waals surface area contributed by atoms with E-state index in [1.54, 1.807) is 0 Å². The summed E-state index contributed by atoms with van der Waals surface area (Å²) in [4.78, 5) is 10.5. The Morgan fingerprint density at radius 1 is 1.29 bits per heavy atom. The van der Waals surface area contributed by atoms with Gasteiger partial charge in [-0.25, -0.2) is 4.39 Å². The molecule has 0 aromatic heterocycles. The SMILES string of the molecule is NC(=O)C(O)CNCC(O)c1ccc(F)cc1. The van der Waals surface area contributed by atoms with Gasteiger partial charge in [-0.2, -0.15) is 0 Å². The van der Waals surface area contributed by atoms with Gasteiger partial charge in [0.05, 0.1) is 6.10 Å². The summed E-state index contributed by atoms with van der Waals surface area (Å²) in [5.74, 6) is -1.20. The maximum Gasteiger partial charge on any atom is 0.247 e. The number of hydrogen-bond donors (Lipinski definition) is 4. The van der Waals surface area contributed by atoms with E-state index in [4.69, 9.17) is 10.8 Å². The Hall–Kier alpha value is -1.50. The van der Waals surface area contributed by atoms with Crippen molar-refractivity contribution in [3.05, 3.63) is 35.6 Å². The van der Waals surface area contributed by atoms with E-state index in [0.29, 0.717) is 5.56 Å². The van der Waals surface area contributed by atoms with Crippen molar-refractivity contribution in [2.24, 2.45) is 5.73 Å². The fourth-order valence-corrected chi connectivity index (χ4v) is 1.26. The Labute approximate surface area is 98.1 Å². The molecule has 1 amide bonds. The van der Waals surface area contributed by atoms with Crippen LogP contribution in [0.4, 0.5) is 4.39 Å².